The fourth-order valence-corrected chi connectivity index (χ4v) is 4.48. The van der Waals surface area contributed by atoms with Gasteiger partial charge in [-0.05, 0) is 65.8 Å². The summed E-state index contributed by atoms with van der Waals surface area (Å²) in [6, 6.07) is 9.34. The van der Waals surface area contributed by atoms with Gasteiger partial charge in [-0.25, -0.2) is 4.79 Å². The van der Waals surface area contributed by atoms with Crippen LogP contribution >= 0.6 is 0 Å². The molecule has 0 unspecified atom stereocenters. The molecular weight excluding hydrogens is 384 g/mol. The van der Waals surface area contributed by atoms with E-state index in [2.05, 4.69) is 53.7 Å². The van der Waals surface area contributed by atoms with Crippen molar-refractivity contribution in [2.24, 2.45) is 0 Å². The van der Waals surface area contributed by atoms with Gasteiger partial charge in [0, 0.05) is 11.1 Å². The second-order valence-corrected chi connectivity index (χ2v) is 10.1. The molecule has 0 saturated carbocycles. The lowest BCUT2D eigenvalue weighted by atomic mass is 9.62. The first kappa shape index (κ1) is 23.1. The molecule has 1 N–H and O–H groups in total. The van der Waals surface area contributed by atoms with E-state index in [0.717, 1.165) is 42.7 Å². The normalized spacial score (nSPS) is 16.8. The predicted octanol–water partition coefficient (Wildman–Crippen LogP) is 7.39. The van der Waals surface area contributed by atoms with Crippen LogP contribution < -0.4 is 4.74 Å². The molecule has 31 heavy (non-hydrogen) atoms. The standard InChI is InChI=1S/C28H36O3/c1-7-8-17-31-25-22(14-11-20-9-12-21(13-10-20)26(29)30)19(2)18-23-24(25)28(5,6)16-15-27(23,3)4/h9-14,18H,7-8,15-17H2,1-6H3,(H,29,30)/b14-11+. The third-order valence-corrected chi connectivity index (χ3v) is 6.65. The monoisotopic (exact) mass is 420 g/mol. The van der Waals surface area contributed by atoms with Crippen LogP contribution in [-0.4, -0.2) is 17.7 Å². The largest absolute Gasteiger partial charge is 0.493 e. The second kappa shape index (κ2) is 8.90. The van der Waals surface area contributed by atoms with E-state index in [9.17, 15) is 4.79 Å². The summed E-state index contributed by atoms with van der Waals surface area (Å²) in [5, 5.41) is 9.13. The minimum Gasteiger partial charge on any atom is -0.493 e. The molecule has 0 saturated heterocycles. The van der Waals surface area contributed by atoms with Gasteiger partial charge in [-0.3, -0.25) is 0 Å². The zero-order valence-corrected chi connectivity index (χ0v) is 19.8. The maximum atomic E-state index is 11.1. The van der Waals surface area contributed by atoms with Gasteiger partial charge in [0.05, 0.1) is 12.2 Å². The van der Waals surface area contributed by atoms with Gasteiger partial charge in [0.25, 0.3) is 0 Å². The number of carboxylic acid groups (broad SMARTS) is 1. The molecule has 0 radical (unpaired) electrons. The Morgan fingerprint density at radius 3 is 2.32 bits per heavy atom. The molecule has 0 spiro atoms. The van der Waals surface area contributed by atoms with Crippen molar-refractivity contribution in [2.45, 2.75) is 78.1 Å². The fraction of sp³-hybridized carbons (Fsp3) is 0.464. The lowest BCUT2D eigenvalue weighted by Gasteiger charge is -2.43. The zero-order valence-electron chi connectivity index (χ0n) is 19.8. The van der Waals surface area contributed by atoms with Crippen LogP contribution in [0.15, 0.2) is 30.3 Å². The number of ether oxygens (including phenoxy) is 1. The van der Waals surface area contributed by atoms with Crippen LogP contribution in [-0.2, 0) is 10.8 Å². The molecular formula is C28H36O3. The van der Waals surface area contributed by atoms with Crippen molar-refractivity contribution in [3.63, 3.8) is 0 Å². The first-order chi connectivity index (χ1) is 14.6. The fourth-order valence-electron chi connectivity index (χ4n) is 4.48. The van der Waals surface area contributed by atoms with Gasteiger partial charge in [0.2, 0.25) is 0 Å². The molecule has 0 aromatic heterocycles. The number of carbonyl (C=O) groups is 1. The maximum absolute atomic E-state index is 11.1. The number of aromatic carboxylic acids is 1. The van der Waals surface area contributed by atoms with Gasteiger partial charge in [-0.15, -0.1) is 0 Å². The quantitative estimate of drug-likeness (QED) is 0.375. The van der Waals surface area contributed by atoms with Gasteiger partial charge < -0.3 is 9.84 Å². The number of benzene rings is 2. The van der Waals surface area contributed by atoms with Crippen LogP contribution in [0.25, 0.3) is 12.2 Å². The molecule has 2 aromatic carbocycles. The molecule has 0 aliphatic heterocycles. The van der Waals surface area contributed by atoms with Gasteiger partial charge in [-0.1, -0.05) is 71.4 Å². The highest BCUT2D eigenvalue weighted by Gasteiger charge is 2.40. The zero-order chi connectivity index (χ0) is 22.8. The van der Waals surface area contributed by atoms with E-state index >= 15 is 0 Å². The van der Waals surface area contributed by atoms with Crippen molar-refractivity contribution in [3.05, 3.63) is 63.7 Å². The first-order valence-electron chi connectivity index (χ1n) is 11.4. The number of aryl methyl sites for hydroxylation is 1. The highest BCUT2D eigenvalue weighted by atomic mass is 16.5. The van der Waals surface area contributed by atoms with Crippen LogP contribution in [0.1, 0.15) is 98.5 Å². The summed E-state index contributed by atoms with van der Waals surface area (Å²) < 4.78 is 6.50. The minimum atomic E-state index is -0.905. The van der Waals surface area contributed by atoms with Crippen molar-refractivity contribution < 1.29 is 14.6 Å². The third kappa shape index (κ3) is 4.87. The number of rotatable bonds is 7. The Balaban J connectivity index is 2.11. The van der Waals surface area contributed by atoms with E-state index in [1.54, 1.807) is 12.1 Å². The van der Waals surface area contributed by atoms with E-state index < -0.39 is 5.97 Å². The smallest absolute Gasteiger partial charge is 0.335 e. The number of hydrogen-bond donors (Lipinski definition) is 1. The van der Waals surface area contributed by atoms with Crippen LogP contribution in [0.2, 0.25) is 0 Å². The summed E-state index contributed by atoms with van der Waals surface area (Å²) in [5.74, 6) is 0.122. The summed E-state index contributed by atoms with van der Waals surface area (Å²) in [6.45, 7) is 14.4. The molecule has 3 nitrogen and oxygen atoms in total. The van der Waals surface area contributed by atoms with E-state index in [4.69, 9.17) is 9.84 Å². The molecule has 3 rings (SSSR count). The third-order valence-electron chi connectivity index (χ3n) is 6.65. The summed E-state index contributed by atoms with van der Waals surface area (Å²) >= 11 is 0. The predicted molar refractivity (Wildman–Crippen MR) is 129 cm³/mol. The minimum absolute atomic E-state index is 0.0613. The number of unbranched alkanes of at least 4 members (excludes halogenated alkanes) is 1. The molecule has 166 valence electrons. The van der Waals surface area contributed by atoms with Crippen LogP contribution in [0.3, 0.4) is 0 Å². The highest BCUT2D eigenvalue weighted by molar-refractivity contribution is 5.88. The topological polar surface area (TPSA) is 46.5 Å². The van der Waals surface area contributed by atoms with Gasteiger partial charge >= 0.3 is 5.97 Å². The van der Waals surface area contributed by atoms with Crippen LogP contribution in [0.4, 0.5) is 0 Å². The molecule has 0 fully saturated rings. The van der Waals surface area contributed by atoms with Crippen molar-refractivity contribution in [3.8, 4) is 5.75 Å². The Bertz CT molecular complexity index is 978. The Kier molecular flexibility index (Phi) is 6.64. The average Bonchev–Trinajstić information content (AvgIpc) is 2.71. The molecule has 3 heteroatoms. The average molecular weight is 421 g/mol. The highest BCUT2D eigenvalue weighted by Crippen LogP contribution is 2.51. The molecule has 0 amide bonds. The van der Waals surface area contributed by atoms with E-state index in [-0.39, 0.29) is 10.8 Å². The summed E-state index contributed by atoms with van der Waals surface area (Å²) in [5.41, 5.74) is 6.58. The van der Waals surface area contributed by atoms with E-state index in [1.165, 1.54) is 23.1 Å². The van der Waals surface area contributed by atoms with Crippen molar-refractivity contribution in [1.82, 2.24) is 0 Å². The Hall–Kier alpha value is -2.55. The lowest BCUT2D eigenvalue weighted by molar-refractivity contribution is 0.0697. The molecule has 1 aliphatic rings. The Morgan fingerprint density at radius 2 is 1.71 bits per heavy atom. The van der Waals surface area contributed by atoms with Gasteiger partial charge in [0.15, 0.2) is 0 Å². The Morgan fingerprint density at radius 1 is 1.06 bits per heavy atom. The van der Waals surface area contributed by atoms with Crippen molar-refractivity contribution in [1.29, 1.82) is 0 Å². The van der Waals surface area contributed by atoms with Gasteiger partial charge in [0.1, 0.15) is 5.75 Å². The van der Waals surface area contributed by atoms with Crippen LogP contribution in [0.5, 0.6) is 5.75 Å². The molecule has 0 bridgehead atoms. The van der Waals surface area contributed by atoms with E-state index in [0.29, 0.717) is 5.56 Å². The summed E-state index contributed by atoms with van der Waals surface area (Å²) in [4.78, 5) is 11.1. The second-order valence-electron chi connectivity index (χ2n) is 10.1. The molecule has 0 heterocycles. The molecule has 0 atom stereocenters. The van der Waals surface area contributed by atoms with Crippen LogP contribution in [0, 0.1) is 6.92 Å². The van der Waals surface area contributed by atoms with E-state index in [1.807, 2.05) is 18.2 Å². The summed E-state index contributed by atoms with van der Waals surface area (Å²) in [6.07, 6.45) is 8.63. The lowest BCUT2D eigenvalue weighted by Crippen LogP contribution is -2.35. The Labute approximate surface area is 187 Å². The van der Waals surface area contributed by atoms with Crippen molar-refractivity contribution >= 4 is 18.1 Å². The maximum Gasteiger partial charge on any atom is 0.335 e. The summed E-state index contributed by atoms with van der Waals surface area (Å²) in [7, 11) is 0. The first-order valence-corrected chi connectivity index (χ1v) is 11.4. The molecule has 1 aliphatic carbocycles. The van der Waals surface area contributed by atoms with Crippen molar-refractivity contribution in [2.75, 3.05) is 6.61 Å². The SMILES string of the molecule is CCCCOc1c(/C=C/c2ccc(C(=O)O)cc2)c(C)cc2c1C(C)(C)CCC2(C)C. The number of hydrogen-bond acceptors (Lipinski definition) is 2. The number of carboxylic acids is 1. The van der Waals surface area contributed by atoms with Gasteiger partial charge in [-0.2, -0.15) is 0 Å². The number of fused-ring (bicyclic) bond motifs is 1. The molecule has 2 aromatic rings.